The molecule has 0 fully saturated rings. The average molecular weight is 301 g/mol. The lowest BCUT2D eigenvalue weighted by Crippen LogP contribution is -2.34. The van der Waals surface area contributed by atoms with Crippen molar-refractivity contribution in [3.63, 3.8) is 0 Å². The van der Waals surface area contributed by atoms with Gasteiger partial charge in [-0.05, 0) is 48.6 Å². The molecule has 0 radical (unpaired) electrons. The standard InChI is InChI=1S/C17H17ClN2O/c18-13-7-4-8-14(11-13)19-17(21)20-16-10-3-6-12-5-1-2-9-15(12)16/h1-2,4-5,7-9,11,16H,3,6,10H2,(H2,19,20,21). The van der Waals surface area contributed by atoms with Crippen LogP contribution in [0.4, 0.5) is 10.5 Å². The SMILES string of the molecule is O=C(Nc1cccc(Cl)c1)NC1CCCc2ccccc21. The zero-order chi connectivity index (χ0) is 14.7. The number of benzene rings is 2. The molecule has 0 aromatic heterocycles. The van der Waals surface area contributed by atoms with Gasteiger partial charge < -0.3 is 10.6 Å². The summed E-state index contributed by atoms with van der Waals surface area (Å²) in [4.78, 5) is 12.1. The Bertz CT molecular complexity index is 657. The Labute approximate surface area is 129 Å². The van der Waals surface area contributed by atoms with Crippen molar-refractivity contribution in [2.75, 3.05) is 5.32 Å². The summed E-state index contributed by atoms with van der Waals surface area (Å²) in [5.74, 6) is 0. The van der Waals surface area contributed by atoms with Gasteiger partial charge in [0.2, 0.25) is 0 Å². The number of urea groups is 1. The van der Waals surface area contributed by atoms with Crippen molar-refractivity contribution in [2.24, 2.45) is 0 Å². The zero-order valence-electron chi connectivity index (χ0n) is 11.6. The molecule has 108 valence electrons. The zero-order valence-corrected chi connectivity index (χ0v) is 12.4. The van der Waals surface area contributed by atoms with Crippen molar-refractivity contribution in [2.45, 2.75) is 25.3 Å². The van der Waals surface area contributed by atoms with Crippen molar-refractivity contribution in [3.05, 3.63) is 64.7 Å². The highest BCUT2D eigenvalue weighted by Gasteiger charge is 2.21. The fraction of sp³-hybridized carbons (Fsp3) is 0.235. The van der Waals surface area contributed by atoms with Crippen LogP contribution in [-0.2, 0) is 6.42 Å². The van der Waals surface area contributed by atoms with Crippen molar-refractivity contribution in [3.8, 4) is 0 Å². The predicted octanol–water partition coefficient (Wildman–Crippen LogP) is 4.54. The molecule has 2 N–H and O–H groups in total. The van der Waals surface area contributed by atoms with Crippen LogP contribution < -0.4 is 10.6 Å². The number of carbonyl (C=O) groups is 1. The van der Waals surface area contributed by atoms with Crippen molar-refractivity contribution in [1.82, 2.24) is 5.32 Å². The van der Waals surface area contributed by atoms with Crippen LogP contribution in [0.15, 0.2) is 48.5 Å². The van der Waals surface area contributed by atoms with Crippen molar-refractivity contribution < 1.29 is 4.79 Å². The van der Waals surface area contributed by atoms with Crippen molar-refractivity contribution >= 4 is 23.3 Å². The number of fused-ring (bicyclic) bond motifs is 1. The Kier molecular flexibility index (Phi) is 4.11. The number of anilines is 1. The largest absolute Gasteiger partial charge is 0.331 e. The van der Waals surface area contributed by atoms with Gasteiger partial charge in [0.25, 0.3) is 0 Å². The quantitative estimate of drug-likeness (QED) is 0.840. The van der Waals surface area contributed by atoms with E-state index in [2.05, 4.69) is 22.8 Å². The number of rotatable bonds is 2. The van der Waals surface area contributed by atoms with Crippen LogP contribution in [0.5, 0.6) is 0 Å². The number of halogens is 1. The topological polar surface area (TPSA) is 41.1 Å². The molecule has 0 aliphatic heterocycles. The van der Waals surface area contributed by atoms with Crippen LogP contribution in [0.2, 0.25) is 5.02 Å². The molecule has 0 bridgehead atoms. The van der Waals surface area contributed by atoms with Crippen LogP contribution in [0.25, 0.3) is 0 Å². The first-order valence-electron chi connectivity index (χ1n) is 7.13. The second-order valence-corrected chi connectivity index (χ2v) is 5.69. The molecule has 1 aliphatic carbocycles. The molecule has 3 rings (SSSR count). The number of amides is 2. The van der Waals surface area contributed by atoms with Gasteiger partial charge in [-0.25, -0.2) is 4.79 Å². The van der Waals surface area contributed by atoms with Crippen LogP contribution in [0.1, 0.15) is 30.0 Å². The minimum Gasteiger partial charge on any atom is -0.331 e. The van der Waals surface area contributed by atoms with E-state index in [1.54, 1.807) is 12.1 Å². The third-order valence-electron chi connectivity index (χ3n) is 3.76. The molecule has 0 heterocycles. The van der Waals surface area contributed by atoms with E-state index in [9.17, 15) is 4.79 Å². The summed E-state index contributed by atoms with van der Waals surface area (Å²) >= 11 is 5.92. The van der Waals surface area contributed by atoms with E-state index in [1.165, 1.54) is 11.1 Å². The molecular weight excluding hydrogens is 284 g/mol. The Morgan fingerprint density at radius 1 is 1.14 bits per heavy atom. The molecule has 4 heteroatoms. The molecule has 21 heavy (non-hydrogen) atoms. The molecule has 0 saturated heterocycles. The van der Waals surface area contributed by atoms with Crippen LogP contribution >= 0.6 is 11.6 Å². The molecule has 1 unspecified atom stereocenters. The lowest BCUT2D eigenvalue weighted by atomic mass is 9.88. The highest BCUT2D eigenvalue weighted by Crippen LogP contribution is 2.29. The van der Waals surface area contributed by atoms with Gasteiger partial charge in [0.15, 0.2) is 0 Å². The van der Waals surface area contributed by atoms with Gasteiger partial charge in [0.05, 0.1) is 6.04 Å². The summed E-state index contributed by atoms with van der Waals surface area (Å²) in [6, 6.07) is 15.3. The molecular formula is C17H17ClN2O. The summed E-state index contributed by atoms with van der Waals surface area (Å²) in [7, 11) is 0. The summed E-state index contributed by atoms with van der Waals surface area (Å²) in [6.07, 6.45) is 3.16. The maximum Gasteiger partial charge on any atom is 0.319 e. The minimum atomic E-state index is -0.195. The molecule has 2 aromatic rings. The maximum absolute atomic E-state index is 12.1. The Hall–Kier alpha value is -2.00. The van der Waals surface area contributed by atoms with E-state index in [0.717, 1.165) is 19.3 Å². The highest BCUT2D eigenvalue weighted by atomic mass is 35.5. The number of nitrogens with one attached hydrogen (secondary N) is 2. The molecule has 2 amide bonds. The first kappa shape index (κ1) is 14.0. The van der Waals surface area contributed by atoms with Gasteiger partial charge in [-0.15, -0.1) is 0 Å². The Balaban J connectivity index is 1.68. The van der Waals surface area contributed by atoms with E-state index < -0.39 is 0 Å². The third kappa shape index (κ3) is 3.37. The number of aryl methyl sites for hydroxylation is 1. The predicted molar refractivity (Wildman–Crippen MR) is 85.7 cm³/mol. The average Bonchev–Trinajstić information content (AvgIpc) is 2.47. The summed E-state index contributed by atoms with van der Waals surface area (Å²) in [6.45, 7) is 0. The van der Waals surface area contributed by atoms with Gasteiger partial charge in [-0.2, -0.15) is 0 Å². The van der Waals surface area contributed by atoms with Gasteiger partial charge in [-0.1, -0.05) is 41.9 Å². The molecule has 1 atom stereocenters. The molecule has 2 aromatic carbocycles. The first-order valence-corrected chi connectivity index (χ1v) is 7.51. The summed E-state index contributed by atoms with van der Waals surface area (Å²) in [5, 5.41) is 6.48. The Morgan fingerprint density at radius 2 is 2.00 bits per heavy atom. The third-order valence-corrected chi connectivity index (χ3v) is 3.99. The van der Waals surface area contributed by atoms with E-state index >= 15 is 0 Å². The second kappa shape index (κ2) is 6.19. The van der Waals surface area contributed by atoms with Gasteiger partial charge in [0.1, 0.15) is 0 Å². The molecule has 0 saturated carbocycles. The van der Waals surface area contributed by atoms with Crippen molar-refractivity contribution in [1.29, 1.82) is 0 Å². The lowest BCUT2D eigenvalue weighted by Gasteiger charge is -2.26. The minimum absolute atomic E-state index is 0.0779. The molecule has 0 spiro atoms. The Morgan fingerprint density at radius 3 is 2.86 bits per heavy atom. The summed E-state index contributed by atoms with van der Waals surface area (Å²) < 4.78 is 0. The van der Waals surface area contributed by atoms with Gasteiger partial charge in [0, 0.05) is 10.7 Å². The van der Waals surface area contributed by atoms with Crippen LogP contribution in [0.3, 0.4) is 0 Å². The molecule has 3 nitrogen and oxygen atoms in total. The van der Waals surface area contributed by atoms with Crippen LogP contribution in [-0.4, -0.2) is 6.03 Å². The van der Waals surface area contributed by atoms with E-state index in [4.69, 9.17) is 11.6 Å². The summed E-state index contributed by atoms with van der Waals surface area (Å²) in [5.41, 5.74) is 3.26. The number of hydrogen-bond donors (Lipinski definition) is 2. The monoisotopic (exact) mass is 300 g/mol. The normalized spacial score (nSPS) is 16.9. The highest BCUT2D eigenvalue weighted by molar-refractivity contribution is 6.30. The maximum atomic E-state index is 12.1. The number of carbonyl (C=O) groups excluding carboxylic acids is 1. The van der Waals surface area contributed by atoms with E-state index in [-0.39, 0.29) is 12.1 Å². The molecule has 1 aliphatic rings. The second-order valence-electron chi connectivity index (χ2n) is 5.25. The lowest BCUT2D eigenvalue weighted by molar-refractivity contribution is 0.247. The fourth-order valence-corrected chi connectivity index (χ4v) is 2.99. The van der Waals surface area contributed by atoms with E-state index in [0.29, 0.717) is 10.7 Å². The fourth-order valence-electron chi connectivity index (χ4n) is 2.80. The number of hydrogen-bond acceptors (Lipinski definition) is 1. The van der Waals surface area contributed by atoms with Gasteiger partial charge in [-0.3, -0.25) is 0 Å². The smallest absolute Gasteiger partial charge is 0.319 e. The van der Waals surface area contributed by atoms with Gasteiger partial charge >= 0.3 is 6.03 Å². The first-order chi connectivity index (χ1) is 10.2. The van der Waals surface area contributed by atoms with Crippen LogP contribution in [0, 0.1) is 0 Å². The van der Waals surface area contributed by atoms with E-state index in [1.807, 2.05) is 24.3 Å².